The Morgan fingerprint density at radius 2 is 1.71 bits per heavy atom. The summed E-state index contributed by atoms with van der Waals surface area (Å²) in [6, 6.07) is 0. The van der Waals surface area contributed by atoms with Crippen LogP contribution in [0, 0.1) is 0 Å². The Balaban J connectivity index is 0. The quantitative estimate of drug-likeness (QED) is 0.358. The number of phosphoric ester groups is 1. The highest BCUT2D eigenvalue weighted by Gasteiger charge is 2.07. The van der Waals surface area contributed by atoms with Crippen molar-refractivity contribution >= 4 is 16.2 Å². The summed E-state index contributed by atoms with van der Waals surface area (Å²) in [6.45, 7) is 0. The minimum atomic E-state index is -4.15. The number of rotatable bonds is 1. The van der Waals surface area contributed by atoms with Gasteiger partial charge in [0.1, 0.15) is 0 Å². The van der Waals surface area contributed by atoms with Gasteiger partial charge >= 0.3 is 7.82 Å². The van der Waals surface area contributed by atoms with Crippen LogP contribution in [0.5, 0.6) is 0 Å². The van der Waals surface area contributed by atoms with Crippen LogP contribution in [0.2, 0.25) is 0 Å². The molecule has 0 atom stereocenters. The summed E-state index contributed by atoms with van der Waals surface area (Å²) in [7, 11) is -3.20. The summed E-state index contributed by atoms with van der Waals surface area (Å²) in [5, 5.41) is 0. The zero-order valence-electron chi connectivity index (χ0n) is 3.74. The zero-order chi connectivity index (χ0) is 5.21. The predicted molar refractivity (Wildman–Crippen MR) is 24.8 cm³/mol. The van der Waals surface area contributed by atoms with Crippen molar-refractivity contribution in [1.82, 2.24) is 0 Å². The molecule has 0 saturated carbocycles. The van der Waals surface area contributed by atoms with Crippen molar-refractivity contribution in [1.29, 1.82) is 0 Å². The first kappa shape index (κ1) is 10.2. The van der Waals surface area contributed by atoms with Crippen LogP contribution in [0.25, 0.3) is 0 Å². The second-order valence-corrected chi connectivity index (χ2v) is 2.02. The topological polar surface area (TPSA) is 66.8 Å². The Bertz CT molecular complexity index is 75.8. The third-order valence-corrected chi connectivity index (χ3v) is 0.714. The van der Waals surface area contributed by atoms with Crippen molar-refractivity contribution < 1.29 is 18.9 Å². The van der Waals surface area contributed by atoms with Crippen LogP contribution in [0.3, 0.4) is 0 Å². The molecule has 41 valence electrons. The van der Waals surface area contributed by atoms with Crippen molar-refractivity contribution in [3.63, 3.8) is 0 Å². The molecule has 7 heavy (non-hydrogen) atoms. The van der Waals surface area contributed by atoms with Gasteiger partial charge in [0, 0.05) is 15.5 Å². The van der Waals surface area contributed by atoms with E-state index in [0.29, 0.717) is 0 Å². The number of phosphoric acid groups is 1. The predicted octanol–water partition coefficient (Wildman–Crippen LogP) is -0.655. The highest BCUT2D eigenvalue weighted by atomic mass is 31.2. The van der Waals surface area contributed by atoms with Crippen LogP contribution < -0.4 is 0 Å². The summed E-state index contributed by atoms with van der Waals surface area (Å²) in [5.74, 6) is 0. The molecule has 4 nitrogen and oxygen atoms in total. The van der Waals surface area contributed by atoms with Gasteiger partial charge < -0.3 is 9.79 Å². The van der Waals surface area contributed by atoms with Crippen LogP contribution >= 0.6 is 7.82 Å². The van der Waals surface area contributed by atoms with Crippen LogP contribution in [-0.4, -0.2) is 25.3 Å². The maximum atomic E-state index is 9.47. The molecular weight excluding hydrogens is 118 g/mol. The van der Waals surface area contributed by atoms with E-state index in [1.54, 1.807) is 0 Å². The molecule has 0 amide bonds. The normalized spacial score (nSPS) is 10.1. The van der Waals surface area contributed by atoms with E-state index in [9.17, 15) is 4.57 Å². The molecule has 0 spiro atoms. The highest BCUT2D eigenvalue weighted by Crippen LogP contribution is 2.33. The van der Waals surface area contributed by atoms with E-state index in [1.807, 2.05) is 0 Å². The van der Waals surface area contributed by atoms with Crippen molar-refractivity contribution in [3.05, 3.63) is 0 Å². The Labute approximate surface area is 43.3 Å². The fourth-order valence-electron chi connectivity index (χ4n) is 0. The minimum Gasteiger partial charge on any atom is -0.303 e. The van der Waals surface area contributed by atoms with Crippen LogP contribution in [0.1, 0.15) is 0 Å². The Morgan fingerprint density at radius 3 is 1.71 bits per heavy atom. The van der Waals surface area contributed by atoms with Gasteiger partial charge in [-0.3, -0.25) is 4.52 Å². The molecule has 0 heterocycles. The molecule has 0 rings (SSSR count). The maximum absolute atomic E-state index is 9.47. The van der Waals surface area contributed by atoms with E-state index in [0.717, 1.165) is 7.11 Å². The largest absolute Gasteiger partial charge is 0.469 e. The van der Waals surface area contributed by atoms with Gasteiger partial charge in [-0.05, 0) is 0 Å². The summed E-state index contributed by atoms with van der Waals surface area (Å²) < 4.78 is 13.1. The first-order valence-electron chi connectivity index (χ1n) is 1.17. The second kappa shape index (κ2) is 3.21. The molecule has 6 heteroatoms. The second-order valence-electron chi connectivity index (χ2n) is 0.673. The van der Waals surface area contributed by atoms with Gasteiger partial charge in [0.2, 0.25) is 0 Å². The Kier molecular flexibility index (Phi) is 4.69. The molecule has 0 aromatic heterocycles. The molecule has 0 bridgehead atoms. The van der Waals surface area contributed by atoms with Crippen molar-refractivity contribution in [2.75, 3.05) is 7.11 Å². The maximum Gasteiger partial charge on any atom is 0.469 e. The van der Waals surface area contributed by atoms with Crippen molar-refractivity contribution in [3.8, 4) is 0 Å². The van der Waals surface area contributed by atoms with Gasteiger partial charge in [0.05, 0.1) is 0 Å². The van der Waals surface area contributed by atoms with Gasteiger partial charge in [-0.25, -0.2) is 4.57 Å². The molecule has 0 aromatic rings. The van der Waals surface area contributed by atoms with Gasteiger partial charge in [0.15, 0.2) is 0 Å². The average molecular weight is 123 g/mol. The molecule has 2 N–H and O–H groups in total. The van der Waals surface area contributed by atoms with E-state index in [1.165, 1.54) is 0 Å². The van der Waals surface area contributed by atoms with E-state index in [2.05, 4.69) is 4.52 Å². The lowest BCUT2D eigenvalue weighted by Gasteiger charge is -1.93. The fourth-order valence-corrected chi connectivity index (χ4v) is 0. The van der Waals surface area contributed by atoms with Gasteiger partial charge in [-0.15, -0.1) is 0 Å². The van der Waals surface area contributed by atoms with E-state index in [4.69, 9.17) is 9.79 Å². The Hall–Kier alpha value is 0.175. The Morgan fingerprint density at radius 1 is 1.57 bits per heavy atom. The summed E-state index contributed by atoms with van der Waals surface area (Å²) >= 11 is 0. The van der Waals surface area contributed by atoms with Gasteiger partial charge in [0.25, 0.3) is 0 Å². The van der Waals surface area contributed by atoms with E-state index < -0.39 is 7.82 Å². The zero-order valence-corrected chi connectivity index (χ0v) is 4.63. The van der Waals surface area contributed by atoms with Crippen LogP contribution in [-0.2, 0) is 9.09 Å². The molecule has 0 aliphatic carbocycles. The molecule has 0 aliphatic rings. The molecule has 0 unspecified atom stereocenters. The number of hydrogen-bond acceptors (Lipinski definition) is 2. The summed E-state index contributed by atoms with van der Waals surface area (Å²) in [6.07, 6.45) is 0. The molecule has 0 fully saturated rings. The first-order chi connectivity index (χ1) is 2.56. The summed E-state index contributed by atoms with van der Waals surface area (Å²) in [5.41, 5.74) is 0. The molecular formula is CH5BO4P. The minimum absolute atomic E-state index is 0. The summed E-state index contributed by atoms with van der Waals surface area (Å²) in [4.78, 5) is 15.4. The molecule has 0 saturated heterocycles. The lowest BCUT2D eigenvalue weighted by Crippen LogP contribution is -1.76. The third-order valence-electron chi connectivity index (χ3n) is 0.238. The lowest BCUT2D eigenvalue weighted by atomic mass is 10.8. The highest BCUT2D eigenvalue weighted by molar-refractivity contribution is 7.46. The molecule has 3 radical (unpaired) electrons. The average Bonchev–Trinajstić information content (AvgIpc) is 1.35. The standard InChI is InChI=1S/CH5O4P.B/c1-5-6(2,3)4;/h1H3,(H2,2,3,4);. The van der Waals surface area contributed by atoms with Crippen LogP contribution in [0.4, 0.5) is 0 Å². The van der Waals surface area contributed by atoms with Gasteiger partial charge in [-0.2, -0.15) is 0 Å². The SMILES string of the molecule is COP(=O)(O)O.[B]. The van der Waals surface area contributed by atoms with Crippen molar-refractivity contribution in [2.24, 2.45) is 0 Å². The third kappa shape index (κ3) is 10.7. The fraction of sp³-hybridized carbons (Fsp3) is 1.00. The first-order valence-corrected chi connectivity index (χ1v) is 2.70. The smallest absolute Gasteiger partial charge is 0.303 e. The monoisotopic (exact) mass is 123 g/mol. The van der Waals surface area contributed by atoms with Crippen molar-refractivity contribution in [2.45, 2.75) is 0 Å². The number of hydrogen-bond donors (Lipinski definition) is 2. The van der Waals surface area contributed by atoms with E-state index >= 15 is 0 Å². The van der Waals surface area contributed by atoms with Crippen LogP contribution in [0.15, 0.2) is 0 Å². The molecule has 0 aliphatic heterocycles. The molecule has 0 aromatic carbocycles. The van der Waals surface area contributed by atoms with E-state index in [-0.39, 0.29) is 8.41 Å². The van der Waals surface area contributed by atoms with Gasteiger partial charge in [-0.1, -0.05) is 0 Å². The lowest BCUT2D eigenvalue weighted by molar-refractivity contribution is 0.235.